The summed E-state index contributed by atoms with van der Waals surface area (Å²) in [5.41, 5.74) is 11.9. The van der Waals surface area contributed by atoms with Gasteiger partial charge >= 0.3 is 0 Å². The van der Waals surface area contributed by atoms with Crippen LogP contribution in [0.3, 0.4) is 0 Å². The van der Waals surface area contributed by atoms with Crippen LogP contribution in [0.1, 0.15) is 41.7 Å². The van der Waals surface area contributed by atoms with Gasteiger partial charge in [0.2, 0.25) is 11.2 Å². The molecule has 5 rings (SSSR count). The van der Waals surface area contributed by atoms with Crippen LogP contribution in [0.15, 0.2) is 36.4 Å². The van der Waals surface area contributed by atoms with Gasteiger partial charge in [-0.3, -0.25) is 0 Å². The van der Waals surface area contributed by atoms with Gasteiger partial charge < -0.3 is 0 Å². The molecule has 0 atom stereocenters. The highest BCUT2D eigenvalue weighted by Gasteiger charge is 2.49. The molecule has 1 aromatic heterocycles. The minimum Gasteiger partial charge on any atom is -0.182 e. The van der Waals surface area contributed by atoms with Gasteiger partial charge in [-0.25, -0.2) is 0 Å². The Bertz CT molecular complexity index is 1010. The molecule has 2 aromatic carbocycles. The van der Waals surface area contributed by atoms with E-state index in [-0.39, 0.29) is 5.54 Å². The Morgan fingerprint density at radius 2 is 1.74 bits per heavy atom. The lowest BCUT2D eigenvalue weighted by Gasteiger charge is -2.19. The van der Waals surface area contributed by atoms with Crippen LogP contribution in [-0.4, -0.2) is 0 Å². The fourth-order valence-corrected chi connectivity index (χ4v) is 5.15. The summed E-state index contributed by atoms with van der Waals surface area (Å²) in [6, 6.07) is 13.7. The SMILES string of the molecule is Cc1cc(C)c2c3c1CCc1cc4ccccc4[n+](c1-3)C2(C)C. The van der Waals surface area contributed by atoms with Crippen molar-refractivity contribution < 1.29 is 4.57 Å². The van der Waals surface area contributed by atoms with Crippen molar-refractivity contribution in [2.45, 2.75) is 46.1 Å². The van der Waals surface area contributed by atoms with Gasteiger partial charge in [-0.1, -0.05) is 18.2 Å². The topological polar surface area (TPSA) is 3.88 Å². The molecule has 114 valence electrons. The fraction of sp³-hybridized carbons (Fsp3) is 0.318. The third-order valence-corrected chi connectivity index (χ3v) is 5.94. The second kappa shape index (κ2) is 4.03. The molecule has 0 amide bonds. The lowest BCUT2D eigenvalue weighted by molar-refractivity contribution is -0.707. The molecule has 0 N–H and O–H groups in total. The maximum absolute atomic E-state index is 2.61. The Balaban J connectivity index is 2.07. The molecule has 1 heteroatoms. The number of benzene rings is 2. The number of para-hydroxylation sites is 1. The van der Waals surface area contributed by atoms with Crippen molar-refractivity contribution in [3.63, 3.8) is 0 Å². The third-order valence-electron chi connectivity index (χ3n) is 5.94. The maximum atomic E-state index is 2.61. The molecule has 0 bridgehead atoms. The standard InChI is InChI=1S/C22H22N/c1-13-11-14(2)20-19-17(13)10-9-16-12-15-7-5-6-8-18(15)23(21(16)19)22(20,3)4/h5-8,11-12H,9-10H2,1-4H3/q+1. The van der Waals surface area contributed by atoms with Gasteiger partial charge in [0.05, 0.1) is 5.56 Å². The van der Waals surface area contributed by atoms with Crippen LogP contribution < -0.4 is 4.57 Å². The molecule has 3 aromatic rings. The normalized spacial score (nSPS) is 16.7. The minimum absolute atomic E-state index is 0.0111. The van der Waals surface area contributed by atoms with E-state index in [1.54, 1.807) is 11.1 Å². The third kappa shape index (κ3) is 1.46. The molecular formula is C22H22N+. The zero-order chi connectivity index (χ0) is 15.9. The van der Waals surface area contributed by atoms with Crippen molar-refractivity contribution in [2.24, 2.45) is 0 Å². The van der Waals surface area contributed by atoms with Gasteiger partial charge in [0.1, 0.15) is 0 Å². The van der Waals surface area contributed by atoms with Crippen LogP contribution >= 0.6 is 0 Å². The van der Waals surface area contributed by atoms with E-state index in [1.165, 1.54) is 45.3 Å². The molecule has 0 fully saturated rings. The molecule has 0 spiro atoms. The molecule has 2 heterocycles. The highest BCUT2D eigenvalue weighted by Crippen LogP contribution is 2.47. The lowest BCUT2D eigenvalue weighted by atomic mass is 9.80. The molecular weight excluding hydrogens is 278 g/mol. The van der Waals surface area contributed by atoms with E-state index in [1.807, 2.05) is 0 Å². The first kappa shape index (κ1) is 13.3. The van der Waals surface area contributed by atoms with E-state index in [9.17, 15) is 0 Å². The molecule has 0 radical (unpaired) electrons. The van der Waals surface area contributed by atoms with Crippen LogP contribution in [0.25, 0.3) is 22.2 Å². The first-order valence-corrected chi connectivity index (χ1v) is 8.61. The van der Waals surface area contributed by atoms with Gasteiger partial charge in [-0.2, -0.15) is 4.57 Å². The molecule has 2 aliphatic rings. The summed E-state index contributed by atoms with van der Waals surface area (Å²) in [4.78, 5) is 0. The average molecular weight is 300 g/mol. The van der Waals surface area contributed by atoms with E-state index in [4.69, 9.17) is 0 Å². The van der Waals surface area contributed by atoms with Gasteiger partial charge in [0, 0.05) is 36.4 Å². The van der Waals surface area contributed by atoms with E-state index in [0.29, 0.717) is 0 Å². The smallest absolute Gasteiger partial charge is 0.182 e. The number of hydrogen-bond acceptors (Lipinski definition) is 0. The van der Waals surface area contributed by atoms with Crippen molar-refractivity contribution in [2.75, 3.05) is 0 Å². The van der Waals surface area contributed by atoms with Gasteiger partial charge in [0.25, 0.3) is 0 Å². The number of nitrogens with zero attached hydrogens (tertiary/aromatic N) is 1. The lowest BCUT2D eigenvalue weighted by Crippen LogP contribution is -2.51. The van der Waals surface area contributed by atoms with Crippen molar-refractivity contribution in [3.8, 4) is 11.3 Å². The fourth-order valence-electron chi connectivity index (χ4n) is 5.15. The zero-order valence-electron chi connectivity index (χ0n) is 14.3. The first-order valence-electron chi connectivity index (χ1n) is 8.61. The largest absolute Gasteiger partial charge is 0.217 e. The van der Waals surface area contributed by atoms with Crippen LogP contribution in [0.4, 0.5) is 0 Å². The Labute approximate surface area is 137 Å². The number of pyridine rings is 1. The molecule has 0 unspecified atom stereocenters. The summed E-state index contributed by atoms with van der Waals surface area (Å²) < 4.78 is 2.61. The molecule has 0 saturated heterocycles. The Morgan fingerprint density at radius 3 is 2.57 bits per heavy atom. The van der Waals surface area contributed by atoms with E-state index >= 15 is 0 Å². The van der Waals surface area contributed by atoms with E-state index in [0.717, 1.165) is 6.42 Å². The highest BCUT2D eigenvalue weighted by molar-refractivity contribution is 5.84. The molecule has 1 aliphatic heterocycles. The number of aromatic nitrogens is 1. The van der Waals surface area contributed by atoms with Crippen molar-refractivity contribution in [1.29, 1.82) is 0 Å². The zero-order valence-corrected chi connectivity index (χ0v) is 14.3. The van der Waals surface area contributed by atoms with Gasteiger partial charge in [0.15, 0.2) is 5.54 Å². The van der Waals surface area contributed by atoms with E-state index in [2.05, 4.69) is 68.7 Å². The van der Waals surface area contributed by atoms with Crippen LogP contribution in [0.2, 0.25) is 0 Å². The second-order valence-corrected chi connectivity index (χ2v) is 7.71. The van der Waals surface area contributed by atoms with Gasteiger partial charge in [-0.15, -0.1) is 0 Å². The first-order chi connectivity index (χ1) is 11.0. The van der Waals surface area contributed by atoms with Crippen molar-refractivity contribution >= 4 is 10.9 Å². The molecule has 0 saturated carbocycles. The van der Waals surface area contributed by atoms with Gasteiger partial charge in [-0.05, 0) is 55.5 Å². The molecule has 1 nitrogen and oxygen atoms in total. The number of hydrogen-bond donors (Lipinski definition) is 0. The summed E-state index contributed by atoms with van der Waals surface area (Å²) in [6.07, 6.45) is 2.34. The maximum Gasteiger partial charge on any atom is 0.217 e. The van der Waals surface area contributed by atoms with Crippen molar-refractivity contribution in [1.82, 2.24) is 0 Å². The minimum atomic E-state index is 0.0111. The number of aryl methyl sites for hydroxylation is 3. The van der Waals surface area contributed by atoms with E-state index < -0.39 is 0 Å². The van der Waals surface area contributed by atoms with Crippen LogP contribution in [0, 0.1) is 13.8 Å². The average Bonchev–Trinajstić information content (AvgIpc) is 2.77. The molecule has 1 aliphatic carbocycles. The molecule has 23 heavy (non-hydrogen) atoms. The van der Waals surface area contributed by atoms with Crippen LogP contribution in [-0.2, 0) is 18.4 Å². The summed E-state index contributed by atoms with van der Waals surface area (Å²) in [5, 5.41) is 1.37. The van der Waals surface area contributed by atoms with Crippen LogP contribution in [0.5, 0.6) is 0 Å². The number of fused-ring (bicyclic) bond motifs is 2. The predicted molar refractivity (Wildman–Crippen MR) is 94.9 cm³/mol. The number of rotatable bonds is 0. The summed E-state index contributed by atoms with van der Waals surface area (Å²) in [7, 11) is 0. The monoisotopic (exact) mass is 300 g/mol. The summed E-state index contributed by atoms with van der Waals surface area (Å²) in [5.74, 6) is 0. The second-order valence-electron chi connectivity index (χ2n) is 7.71. The summed E-state index contributed by atoms with van der Waals surface area (Å²) >= 11 is 0. The highest BCUT2D eigenvalue weighted by atomic mass is 15.1. The Kier molecular flexibility index (Phi) is 2.33. The van der Waals surface area contributed by atoms with Crippen molar-refractivity contribution in [3.05, 3.63) is 64.2 Å². The predicted octanol–water partition coefficient (Wildman–Crippen LogP) is 4.61. The Hall–Kier alpha value is -2.15. The Morgan fingerprint density at radius 1 is 0.957 bits per heavy atom. The quantitative estimate of drug-likeness (QED) is 0.534. The summed E-state index contributed by atoms with van der Waals surface area (Å²) in [6.45, 7) is 9.34.